The fourth-order valence-corrected chi connectivity index (χ4v) is 5.52. The second-order valence-corrected chi connectivity index (χ2v) is 10.8. The van der Waals surface area contributed by atoms with Gasteiger partial charge in [0.15, 0.2) is 17.3 Å². The van der Waals surface area contributed by atoms with Crippen molar-refractivity contribution >= 4 is 28.8 Å². The maximum atomic E-state index is 12.7. The lowest BCUT2D eigenvalue weighted by molar-refractivity contribution is -0.128. The van der Waals surface area contributed by atoms with Crippen molar-refractivity contribution in [3.63, 3.8) is 0 Å². The van der Waals surface area contributed by atoms with Crippen molar-refractivity contribution in [3.05, 3.63) is 60.2 Å². The fraction of sp³-hybridized carbons (Fsp3) is 0.500. The van der Waals surface area contributed by atoms with Crippen LogP contribution in [0.1, 0.15) is 5.56 Å². The molecule has 3 rings (SSSR count). The molecule has 0 spiro atoms. The average molecular weight is 538 g/mol. The number of carbonyl (C=O) groups is 1. The zero-order valence-corrected chi connectivity index (χ0v) is 22.3. The largest absolute Gasteiger partial charge is 0.616 e. The van der Waals surface area contributed by atoms with Crippen LogP contribution in [0.25, 0.3) is 0 Å². The summed E-state index contributed by atoms with van der Waals surface area (Å²) in [7, 11) is 1.59. The highest BCUT2D eigenvalue weighted by atomic mass is 32.2. The first-order valence-corrected chi connectivity index (χ1v) is 14.5. The number of rotatable bonds is 17. The molecular weight excluding hydrogens is 502 g/mol. The van der Waals surface area contributed by atoms with Gasteiger partial charge in [0.2, 0.25) is 0 Å². The molecule has 1 fully saturated rings. The Bertz CT molecular complexity index is 890. The van der Waals surface area contributed by atoms with Crippen molar-refractivity contribution in [3.8, 4) is 11.5 Å². The van der Waals surface area contributed by atoms with Crippen LogP contribution in [-0.2, 0) is 36.8 Å². The lowest BCUT2D eigenvalue weighted by Crippen LogP contribution is -2.41. The number of thioether (sulfide) groups is 1. The average Bonchev–Trinajstić information content (AvgIpc) is 3.38. The van der Waals surface area contributed by atoms with Gasteiger partial charge in [0.25, 0.3) is 5.91 Å². The van der Waals surface area contributed by atoms with Gasteiger partial charge in [0, 0.05) is 12.3 Å². The Balaban J connectivity index is 1.21. The van der Waals surface area contributed by atoms with Gasteiger partial charge in [-0.15, -0.1) is 11.8 Å². The first kappa shape index (κ1) is 28.6. The highest BCUT2D eigenvalue weighted by Crippen LogP contribution is 2.29. The summed E-state index contributed by atoms with van der Waals surface area (Å²) in [6.45, 7) is 3.73. The van der Waals surface area contributed by atoms with Crippen LogP contribution in [0.15, 0.2) is 54.6 Å². The minimum atomic E-state index is -1.28. The van der Waals surface area contributed by atoms with Crippen molar-refractivity contribution in [2.75, 3.05) is 70.6 Å². The molecule has 2 aromatic rings. The number of hydrogen-bond donors (Lipinski definition) is 0. The van der Waals surface area contributed by atoms with E-state index in [2.05, 4.69) is 0 Å². The Morgan fingerprint density at radius 1 is 0.972 bits per heavy atom. The smallest absolute Gasteiger partial charge is 0.273 e. The second kappa shape index (κ2) is 16.7. The van der Waals surface area contributed by atoms with Gasteiger partial charge >= 0.3 is 0 Å². The maximum absolute atomic E-state index is 12.7. The summed E-state index contributed by atoms with van der Waals surface area (Å²) in [5.41, 5.74) is 1.13. The molecule has 8 nitrogen and oxygen atoms in total. The van der Waals surface area contributed by atoms with Crippen LogP contribution in [0.2, 0.25) is 0 Å². The van der Waals surface area contributed by atoms with Crippen LogP contribution in [0.5, 0.6) is 11.5 Å². The Labute approximate surface area is 220 Å². The maximum Gasteiger partial charge on any atom is 0.273 e. The number of hydrogen-bond acceptors (Lipinski definition) is 8. The summed E-state index contributed by atoms with van der Waals surface area (Å²) in [4.78, 5) is 14.5. The first-order chi connectivity index (χ1) is 17.7. The van der Waals surface area contributed by atoms with E-state index in [9.17, 15) is 9.35 Å². The number of ether oxygens (including phenoxy) is 5. The van der Waals surface area contributed by atoms with E-state index < -0.39 is 11.2 Å². The highest BCUT2D eigenvalue weighted by Gasteiger charge is 2.32. The van der Waals surface area contributed by atoms with Crippen LogP contribution < -0.4 is 9.47 Å². The number of benzene rings is 2. The van der Waals surface area contributed by atoms with Gasteiger partial charge in [0.05, 0.1) is 46.8 Å². The number of carbonyl (C=O) groups excluding carboxylic acids is 1. The molecule has 0 aromatic heterocycles. The molecule has 10 heteroatoms. The molecule has 0 radical (unpaired) electrons. The van der Waals surface area contributed by atoms with E-state index in [1.807, 2.05) is 54.6 Å². The molecular formula is C26H35NO7S2. The highest BCUT2D eigenvalue weighted by molar-refractivity contribution is 8.00. The number of amides is 1. The minimum Gasteiger partial charge on any atom is -0.616 e. The van der Waals surface area contributed by atoms with Crippen molar-refractivity contribution in [1.82, 2.24) is 4.90 Å². The Morgan fingerprint density at radius 2 is 1.64 bits per heavy atom. The lowest BCUT2D eigenvalue weighted by atomic mass is 10.2. The van der Waals surface area contributed by atoms with E-state index in [0.717, 1.165) is 11.3 Å². The van der Waals surface area contributed by atoms with Crippen molar-refractivity contribution in [2.45, 2.75) is 12.0 Å². The monoisotopic (exact) mass is 537 g/mol. The van der Waals surface area contributed by atoms with Gasteiger partial charge in [-0.05, 0) is 28.9 Å². The minimum absolute atomic E-state index is 0.00959. The molecule has 1 heterocycles. The van der Waals surface area contributed by atoms with E-state index in [1.165, 1.54) is 0 Å². The Morgan fingerprint density at radius 3 is 2.39 bits per heavy atom. The normalized spacial score (nSPS) is 16.2. The summed E-state index contributed by atoms with van der Waals surface area (Å²) < 4.78 is 40.1. The molecule has 1 amide bonds. The topological polar surface area (TPSA) is 89.5 Å². The standard InChI is InChI=1S/C26H35NO7S2/c1-30-23-9-5-6-10-24(23)34-20-26-27(11-17-35-26)25(28)21-36(29)18-16-32-13-12-31-14-15-33-19-22-7-3-2-4-8-22/h2-10,26H,11-21H2,1H3/t26-,36+/m1/s1. The molecule has 2 atom stereocenters. The second-order valence-electron chi connectivity index (χ2n) is 7.93. The van der Waals surface area contributed by atoms with E-state index in [0.29, 0.717) is 70.0 Å². The molecule has 1 aliphatic heterocycles. The molecule has 0 unspecified atom stereocenters. The van der Waals surface area contributed by atoms with Gasteiger partial charge in [-0.1, -0.05) is 42.5 Å². The van der Waals surface area contributed by atoms with Gasteiger partial charge in [-0.2, -0.15) is 0 Å². The van der Waals surface area contributed by atoms with Crippen LogP contribution in [0.4, 0.5) is 0 Å². The predicted octanol–water partition coefficient (Wildman–Crippen LogP) is 2.97. The Hall–Kier alpha value is -1.95. The molecule has 2 aromatic carbocycles. The first-order valence-electron chi connectivity index (χ1n) is 12.0. The van der Waals surface area contributed by atoms with E-state index in [4.69, 9.17) is 23.7 Å². The molecule has 0 bridgehead atoms. The zero-order valence-electron chi connectivity index (χ0n) is 20.7. The van der Waals surface area contributed by atoms with Crippen molar-refractivity contribution in [2.24, 2.45) is 0 Å². The summed E-state index contributed by atoms with van der Waals surface area (Å²) >= 11 is 0.381. The number of para-hydroxylation sites is 2. The summed E-state index contributed by atoms with van der Waals surface area (Å²) in [6, 6.07) is 17.4. The van der Waals surface area contributed by atoms with Crippen molar-refractivity contribution in [1.29, 1.82) is 0 Å². The van der Waals surface area contributed by atoms with Gasteiger partial charge < -0.3 is 33.1 Å². The molecule has 0 saturated carbocycles. The van der Waals surface area contributed by atoms with Crippen LogP contribution in [0, 0.1) is 0 Å². The van der Waals surface area contributed by atoms with Gasteiger partial charge in [-0.3, -0.25) is 4.79 Å². The zero-order chi connectivity index (χ0) is 25.4. The summed E-state index contributed by atoms with van der Waals surface area (Å²) in [5.74, 6) is 2.31. The summed E-state index contributed by atoms with van der Waals surface area (Å²) in [5, 5.41) is -0.107. The predicted molar refractivity (Wildman–Crippen MR) is 142 cm³/mol. The van der Waals surface area contributed by atoms with Crippen LogP contribution in [-0.4, -0.2) is 91.3 Å². The number of methoxy groups -OCH3 is 1. The van der Waals surface area contributed by atoms with Crippen molar-refractivity contribution < 1.29 is 33.0 Å². The molecule has 0 aliphatic carbocycles. The third kappa shape index (κ3) is 10.2. The van der Waals surface area contributed by atoms with E-state index >= 15 is 0 Å². The van der Waals surface area contributed by atoms with Crippen LogP contribution >= 0.6 is 11.8 Å². The SMILES string of the molecule is COc1ccccc1OC[C@H]1SCCN1C(=O)C[S@@+]([O-])CCOCCOCCOCc1ccccc1. The fourth-order valence-electron chi connectivity index (χ4n) is 3.49. The Kier molecular flexibility index (Phi) is 13.3. The molecule has 198 valence electrons. The van der Waals surface area contributed by atoms with Crippen LogP contribution in [0.3, 0.4) is 0 Å². The van der Waals surface area contributed by atoms with E-state index in [1.54, 1.807) is 23.8 Å². The number of nitrogens with zero attached hydrogens (tertiary/aromatic N) is 1. The van der Waals surface area contributed by atoms with Gasteiger partial charge in [-0.25, -0.2) is 0 Å². The summed E-state index contributed by atoms with van der Waals surface area (Å²) in [6.07, 6.45) is 0. The molecule has 0 N–H and O–H groups in total. The molecule has 1 aliphatic rings. The lowest BCUT2D eigenvalue weighted by Gasteiger charge is -2.24. The third-order valence-corrected chi connectivity index (χ3v) is 7.74. The quantitative estimate of drug-likeness (QED) is 0.225. The third-order valence-electron chi connectivity index (χ3n) is 5.36. The van der Waals surface area contributed by atoms with Gasteiger partial charge in [0.1, 0.15) is 17.7 Å². The molecule has 36 heavy (non-hydrogen) atoms. The van der Waals surface area contributed by atoms with E-state index in [-0.39, 0.29) is 17.0 Å². The molecule has 1 saturated heterocycles.